The molecule has 8 heteroatoms. The van der Waals surface area contributed by atoms with Crippen molar-refractivity contribution >= 4 is 0 Å². The summed E-state index contributed by atoms with van der Waals surface area (Å²) in [6, 6.07) is 11.6. The van der Waals surface area contributed by atoms with Crippen molar-refractivity contribution in [2.45, 2.75) is 19.5 Å². The van der Waals surface area contributed by atoms with E-state index in [1.54, 1.807) is 34.5 Å². The van der Waals surface area contributed by atoms with Crippen LogP contribution in [-0.4, -0.2) is 50.5 Å². The highest BCUT2D eigenvalue weighted by molar-refractivity contribution is 5.72. The van der Waals surface area contributed by atoms with Gasteiger partial charge in [0, 0.05) is 11.6 Å². The number of ether oxygens (including phenoxy) is 4. The maximum Gasteiger partial charge on any atom is 0.241 e. The van der Waals surface area contributed by atoms with Crippen LogP contribution in [-0.2, 0) is 6.54 Å². The van der Waals surface area contributed by atoms with Gasteiger partial charge in [-0.25, -0.2) is 0 Å². The van der Waals surface area contributed by atoms with Gasteiger partial charge in [0.2, 0.25) is 17.5 Å². The molecule has 0 N–H and O–H groups in total. The Hall–Kier alpha value is -3.26. The second kappa shape index (κ2) is 9.49. The third-order valence-corrected chi connectivity index (χ3v) is 5.05. The number of methoxy groups -OCH3 is 4. The molecular formula is C22H27N3O5. The van der Waals surface area contributed by atoms with E-state index >= 15 is 0 Å². The smallest absolute Gasteiger partial charge is 0.241 e. The van der Waals surface area contributed by atoms with Crippen molar-refractivity contribution in [3.8, 4) is 34.4 Å². The fourth-order valence-corrected chi connectivity index (χ4v) is 3.31. The molecule has 0 saturated heterocycles. The molecule has 0 bridgehead atoms. The minimum absolute atomic E-state index is 0.0899. The number of nitrogens with zero attached hydrogens (tertiary/aromatic N) is 3. The Morgan fingerprint density at radius 2 is 1.60 bits per heavy atom. The van der Waals surface area contributed by atoms with Crippen molar-refractivity contribution < 1.29 is 23.5 Å². The van der Waals surface area contributed by atoms with Crippen LogP contribution < -0.4 is 18.9 Å². The van der Waals surface area contributed by atoms with E-state index < -0.39 is 0 Å². The molecule has 8 nitrogen and oxygen atoms in total. The summed E-state index contributed by atoms with van der Waals surface area (Å²) >= 11 is 0. The molecule has 0 amide bonds. The second-order valence-corrected chi connectivity index (χ2v) is 6.73. The summed E-state index contributed by atoms with van der Waals surface area (Å²) in [6.45, 7) is 2.58. The Balaban J connectivity index is 1.83. The van der Waals surface area contributed by atoms with Gasteiger partial charge in [-0.05, 0) is 32.2 Å². The van der Waals surface area contributed by atoms with Gasteiger partial charge in [-0.3, -0.25) is 4.90 Å². The SMILES string of the molecule is COc1ccccc1[C@H](C)N(C)Cc1nc(-c2ccc(OC)c(OC)c2OC)no1. The minimum atomic E-state index is 0.0899. The van der Waals surface area contributed by atoms with Crippen molar-refractivity contribution in [3.05, 3.63) is 47.9 Å². The van der Waals surface area contributed by atoms with Crippen LogP contribution in [0.4, 0.5) is 0 Å². The number of aromatic nitrogens is 2. The Bertz CT molecular complexity index is 989. The summed E-state index contributed by atoms with van der Waals surface area (Å²) in [5.41, 5.74) is 1.74. The first kappa shape index (κ1) is 21.4. The van der Waals surface area contributed by atoms with Crippen LogP contribution in [0.3, 0.4) is 0 Å². The molecule has 1 heterocycles. The topological polar surface area (TPSA) is 79.1 Å². The molecule has 0 fully saturated rings. The van der Waals surface area contributed by atoms with Gasteiger partial charge in [-0.15, -0.1) is 0 Å². The highest BCUT2D eigenvalue weighted by atomic mass is 16.5. The van der Waals surface area contributed by atoms with Crippen molar-refractivity contribution in [1.82, 2.24) is 15.0 Å². The fraction of sp³-hybridized carbons (Fsp3) is 0.364. The Kier molecular flexibility index (Phi) is 6.79. The van der Waals surface area contributed by atoms with Crippen molar-refractivity contribution in [2.75, 3.05) is 35.5 Å². The summed E-state index contributed by atoms with van der Waals surface area (Å²) in [4.78, 5) is 6.66. The lowest BCUT2D eigenvalue weighted by atomic mass is 10.1. The third-order valence-electron chi connectivity index (χ3n) is 5.05. The first-order chi connectivity index (χ1) is 14.5. The van der Waals surface area contributed by atoms with Gasteiger partial charge in [-0.1, -0.05) is 23.4 Å². The molecule has 0 spiro atoms. The molecule has 0 aliphatic rings. The molecular weight excluding hydrogens is 386 g/mol. The van der Waals surface area contributed by atoms with E-state index in [-0.39, 0.29) is 6.04 Å². The molecule has 0 unspecified atom stereocenters. The zero-order valence-corrected chi connectivity index (χ0v) is 18.1. The van der Waals surface area contributed by atoms with E-state index in [1.807, 2.05) is 37.4 Å². The monoisotopic (exact) mass is 413 g/mol. The first-order valence-electron chi connectivity index (χ1n) is 9.49. The van der Waals surface area contributed by atoms with E-state index in [4.69, 9.17) is 23.5 Å². The van der Waals surface area contributed by atoms with Gasteiger partial charge in [0.05, 0.1) is 40.5 Å². The predicted molar refractivity (Wildman–Crippen MR) is 112 cm³/mol. The summed E-state index contributed by atoms with van der Waals surface area (Å²) in [6.07, 6.45) is 0. The van der Waals surface area contributed by atoms with Gasteiger partial charge in [0.25, 0.3) is 0 Å². The van der Waals surface area contributed by atoms with Crippen LogP contribution >= 0.6 is 0 Å². The largest absolute Gasteiger partial charge is 0.496 e. The molecule has 3 rings (SSSR count). The van der Waals surface area contributed by atoms with Crippen molar-refractivity contribution in [3.63, 3.8) is 0 Å². The van der Waals surface area contributed by atoms with Crippen LogP contribution in [0.15, 0.2) is 40.9 Å². The molecule has 1 aromatic heterocycles. The Labute approximate surface area is 176 Å². The quantitative estimate of drug-likeness (QED) is 0.522. The molecule has 1 atom stereocenters. The normalized spacial score (nSPS) is 12.0. The zero-order chi connectivity index (χ0) is 21.7. The predicted octanol–water partition coefficient (Wildman–Crippen LogP) is 3.96. The molecule has 3 aromatic rings. The number of hydrogen-bond acceptors (Lipinski definition) is 8. The summed E-state index contributed by atoms with van der Waals surface area (Å²) in [5, 5.41) is 4.13. The van der Waals surface area contributed by atoms with Crippen LogP contribution in [0.2, 0.25) is 0 Å². The van der Waals surface area contributed by atoms with E-state index in [0.717, 1.165) is 11.3 Å². The summed E-state index contributed by atoms with van der Waals surface area (Å²) in [7, 11) is 8.36. The molecule has 0 aliphatic heterocycles. The maximum atomic E-state index is 5.53. The van der Waals surface area contributed by atoms with E-state index in [2.05, 4.69) is 22.0 Å². The van der Waals surface area contributed by atoms with Gasteiger partial charge < -0.3 is 23.5 Å². The van der Waals surface area contributed by atoms with Crippen LogP contribution in [0.5, 0.6) is 23.0 Å². The highest BCUT2D eigenvalue weighted by Crippen LogP contribution is 2.43. The lowest BCUT2D eigenvalue weighted by molar-refractivity contribution is 0.213. The highest BCUT2D eigenvalue weighted by Gasteiger charge is 2.22. The minimum Gasteiger partial charge on any atom is -0.496 e. The van der Waals surface area contributed by atoms with E-state index in [1.165, 1.54) is 0 Å². The van der Waals surface area contributed by atoms with Crippen LogP contribution in [0.1, 0.15) is 24.4 Å². The second-order valence-electron chi connectivity index (χ2n) is 6.73. The average molecular weight is 413 g/mol. The van der Waals surface area contributed by atoms with Gasteiger partial charge >= 0.3 is 0 Å². The fourth-order valence-electron chi connectivity index (χ4n) is 3.31. The number of para-hydroxylation sites is 1. The lowest BCUT2D eigenvalue weighted by Crippen LogP contribution is -2.22. The molecule has 0 aliphatic carbocycles. The number of rotatable bonds is 9. The standard InChI is InChI=1S/C22H27N3O5/c1-14(15-9-7-8-10-17(15)26-3)25(2)13-19-23-22(24-30-19)16-11-12-18(27-4)21(29-6)20(16)28-5/h7-12,14H,13H2,1-6H3/t14-/m0/s1. The molecule has 0 saturated carbocycles. The van der Waals surface area contributed by atoms with Crippen molar-refractivity contribution in [2.24, 2.45) is 0 Å². The van der Waals surface area contributed by atoms with Gasteiger partial charge in [0.1, 0.15) is 5.75 Å². The molecule has 160 valence electrons. The third kappa shape index (κ3) is 4.18. The van der Waals surface area contributed by atoms with E-state index in [9.17, 15) is 0 Å². The molecule has 30 heavy (non-hydrogen) atoms. The Morgan fingerprint density at radius 1 is 0.900 bits per heavy atom. The average Bonchev–Trinajstić information content (AvgIpc) is 3.25. The first-order valence-corrected chi connectivity index (χ1v) is 9.49. The molecule has 0 radical (unpaired) electrons. The van der Waals surface area contributed by atoms with Gasteiger partial charge in [0.15, 0.2) is 11.5 Å². The zero-order valence-electron chi connectivity index (χ0n) is 18.1. The van der Waals surface area contributed by atoms with Crippen LogP contribution in [0, 0.1) is 0 Å². The summed E-state index contributed by atoms with van der Waals surface area (Å²) in [5.74, 6) is 3.28. The lowest BCUT2D eigenvalue weighted by Gasteiger charge is -2.24. The molecule has 2 aromatic carbocycles. The van der Waals surface area contributed by atoms with E-state index in [0.29, 0.717) is 41.1 Å². The number of benzene rings is 2. The van der Waals surface area contributed by atoms with Crippen LogP contribution in [0.25, 0.3) is 11.4 Å². The van der Waals surface area contributed by atoms with Crippen molar-refractivity contribution in [1.29, 1.82) is 0 Å². The van der Waals surface area contributed by atoms with Gasteiger partial charge in [-0.2, -0.15) is 4.98 Å². The Morgan fingerprint density at radius 3 is 2.27 bits per heavy atom. The maximum absolute atomic E-state index is 5.53. The number of hydrogen-bond donors (Lipinski definition) is 0. The summed E-state index contributed by atoms with van der Waals surface area (Å²) < 4.78 is 27.3.